The van der Waals surface area contributed by atoms with Gasteiger partial charge in [-0.25, -0.2) is 35.9 Å². The molecule has 8 rings (SSSR count). The monoisotopic (exact) mass is 936 g/mol. The summed E-state index contributed by atoms with van der Waals surface area (Å²) in [7, 11) is 0. The molecule has 4 aliphatic rings. The number of aliphatic hydroxyl groups is 3. The first-order valence-corrected chi connectivity index (χ1v) is 19.9. The molecule has 0 unspecified atom stereocenters. The molecule has 0 saturated carbocycles. The fourth-order valence-electron chi connectivity index (χ4n) is 7.27. The summed E-state index contributed by atoms with van der Waals surface area (Å²) in [5.41, 5.74) is -2.05. The number of ether oxygens (including phenoxy) is 4. The maximum Gasteiger partial charge on any atom is 0.414 e. The highest BCUT2D eigenvalue weighted by atomic mass is 19.2. The molecule has 0 aliphatic carbocycles. The molecule has 0 spiro atoms. The summed E-state index contributed by atoms with van der Waals surface area (Å²) in [6, 6.07) is 4.32. The lowest BCUT2D eigenvalue weighted by Gasteiger charge is -2.28. The molecular weight excluding hydrogens is 898 g/mol. The molecule has 66 heavy (non-hydrogen) atoms. The molecule has 2 aromatic carbocycles. The summed E-state index contributed by atoms with van der Waals surface area (Å²) in [5.74, 6) is -8.83. The first-order chi connectivity index (χ1) is 31.7. The van der Waals surface area contributed by atoms with Crippen molar-refractivity contribution in [2.45, 2.75) is 31.2 Å². The van der Waals surface area contributed by atoms with Crippen LogP contribution in [0.25, 0.3) is 11.1 Å². The van der Waals surface area contributed by atoms with Crippen LogP contribution in [0.2, 0.25) is 0 Å². The minimum atomic E-state index is -1.59. The quantitative estimate of drug-likeness (QED) is 0.129. The Kier molecular flexibility index (Phi) is 14.5. The Balaban J connectivity index is 0.000000197. The largest absolute Gasteiger partial charge is 0.471 e. The van der Waals surface area contributed by atoms with Gasteiger partial charge in [0.05, 0.1) is 42.2 Å². The molecule has 4 aromatic rings. The molecule has 2 aromatic heterocycles. The van der Waals surface area contributed by atoms with Crippen molar-refractivity contribution in [1.29, 1.82) is 0 Å². The van der Waals surface area contributed by atoms with Gasteiger partial charge >= 0.3 is 12.2 Å². The number of carbonyl (C=O) groups is 4. The zero-order valence-corrected chi connectivity index (χ0v) is 34.2. The standard InChI is InChI=1S/C21H20F3N3O7.C20H18F3N3O6/c22-13-7-14(27-8-12(34-21(27)31)10-32-16-3-6-33-25-16)18(23)19(24)17(13)11-1-4-26(5-2-11)20(30)15(29)9-28;21-13-7-14(26-8-12(32-20(26)29)10-30-15-3-6-31-24-15)18(22)19(23)17(13)11-1-4-25(5-2-11)16(28)9-27/h1,3,6-7,12,15,28-29H,2,4-5,8-10H2;1,3,6-7,12,27H,2,4-5,8-10H2/t12-,15+;12-/m11/s1. The minimum Gasteiger partial charge on any atom is -0.471 e. The maximum absolute atomic E-state index is 14.9. The Bertz CT molecular complexity index is 2510. The van der Waals surface area contributed by atoms with E-state index in [1.165, 1.54) is 46.6 Å². The average molecular weight is 937 g/mol. The lowest BCUT2D eigenvalue weighted by molar-refractivity contribution is -0.141. The van der Waals surface area contributed by atoms with Crippen LogP contribution < -0.4 is 19.3 Å². The third kappa shape index (κ3) is 10.1. The van der Waals surface area contributed by atoms with Crippen LogP contribution in [-0.2, 0) is 19.1 Å². The van der Waals surface area contributed by atoms with Crippen LogP contribution in [0.1, 0.15) is 24.0 Å². The molecular formula is C41H38F6N6O13. The summed E-state index contributed by atoms with van der Waals surface area (Å²) in [6.07, 6.45) is 0.155. The van der Waals surface area contributed by atoms with Crippen molar-refractivity contribution < 1.29 is 88.8 Å². The number of aliphatic hydroxyl groups excluding tert-OH is 3. The molecule has 4 amide bonds. The Labute approximate surface area is 368 Å². The summed E-state index contributed by atoms with van der Waals surface area (Å²) in [5, 5.41) is 34.3. The van der Waals surface area contributed by atoms with Crippen LogP contribution in [0.15, 0.2) is 58.0 Å². The van der Waals surface area contributed by atoms with Gasteiger partial charge in [-0.05, 0) is 34.3 Å². The van der Waals surface area contributed by atoms with Gasteiger partial charge in [0.25, 0.3) is 17.7 Å². The first-order valence-electron chi connectivity index (χ1n) is 19.9. The van der Waals surface area contributed by atoms with E-state index in [0.29, 0.717) is 6.07 Å². The number of anilines is 2. The zero-order valence-electron chi connectivity index (χ0n) is 34.2. The number of amides is 4. The lowest BCUT2D eigenvalue weighted by Crippen LogP contribution is -2.42. The number of hydrogen-bond acceptors (Lipinski definition) is 15. The van der Waals surface area contributed by atoms with E-state index in [1.807, 2.05) is 0 Å². The summed E-state index contributed by atoms with van der Waals surface area (Å²) >= 11 is 0. The van der Waals surface area contributed by atoms with Gasteiger partial charge in [-0.15, -0.1) is 0 Å². The number of carbonyl (C=O) groups excluding carboxylic acids is 4. The van der Waals surface area contributed by atoms with Gasteiger partial charge in [0.15, 0.2) is 41.6 Å². The second-order valence-electron chi connectivity index (χ2n) is 14.7. The van der Waals surface area contributed by atoms with Crippen molar-refractivity contribution in [2.24, 2.45) is 0 Å². The van der Waals surface area contributed by atoms with Crippen LogP contribution in [0.5, 0.6) is 11.8 Å². The Morgan fingerprint density at radius 3 is 1.55 bits per heavy atom. The van der Waals surface area contributed by atoms with Gasteiger partial charge < -0.3 is 53.1 Å². The topological polar surface area (TPSA) is 231 Å². The molecule has 352 valence electrons. The fraction of sp³-hybridized carbons (Fsp3) is 0.366. The van der Waals surface area contributed by atoms with Crippen molar-refractivity contribution in [3.63, 3.8) is 0 Å². The third-order valence-corrected chi connectivity index (χ3v) is 10.6. The number of halogens is 6. The van der Waals surface area contributed by atoms with Crippen molar-refractivity contribution >= 4 is 46.5 Å². The second kappa shape index (κ2) is 20.4. The predicted molar refractivity (Wildman–Crippen MR) is 210 cm³/mol. The van der Waals surface area contributed by atoms with Gasteiger partial charge in [0, 0.05) is 50.4 Å². The normalized spacial score (nSPS) is 18.9. The molecule has 0 radical (unpaired) electrons. The number of nitrogens with zero attached hydrogens (tertiary/aromatic N) is 6. The van der Waals surface area contributed by atoms with Gasteiger partial charge in [-0.2, -0.15) is 0 Å². The van der Waals surface area contributed by atoms with E-state index < -0.39 is 113 Å². The van der Waals surface area contributed by atoms with E-state index in [4.69, 9.17) is 29.2 Å². The van der Waals surface area contributed by atoms with E-state index in [-0.39, 0.29) is 88.2 Å². The van der Waals surface area contributed by atoms with Gasteiger partial charge in [0.1, 0.15) is 44.0 Å². The Hall–Kier alpha value is -7.12. The highest BCUT2D eigenvalue weighted by molar-refractivity contribution is 5.91. The van der Waals surface area contributed by atoms with Crippen LogP contribution in [0.3, 0.4) is 0 Å². The molecule has 25 heteroatoms. The van der Waals surface area contributed by atoms with Gasteiger partial charge in [0.2, 0.25) is 5.91 Å². The minimum absolute atomic E-state index is 0.00955. The van der Waals surface area contributed by atoms with Crippen LogP contribution in [-0.4, -0.2) is 143 Å². The fourth-order valence-corrected chi connectivity index (χ4v) is 7.27. The van der Waals surface area contributed by atoms with E-state index in [1.54, 1.807) is 0 Å². The van der Waals surface area contributed by atoms with Gasteiger partial charge in [-0.3, -0.25) is 19.4 Å². The highest BCUT2D eigenvalue weighted by Gasteiger charge is 2.39. The molecule has 3 atom stereocenters. The summed E-state index contributed by atoms with van der Waals surface area (Å²) < 4.78 is 119. The average Bonchev–Trinajstić information content (AvgIpc) is 4.17. The molecule has 6 heterocycles. The summed E-state index contributed by atoms with van der Waals surface area (Å²) in [4.78, 5) is 51.9. The maximum atomic E-state index is 14.9. The van der Waals surface area contributed by atoms with Crippen molar-refractivity contribution in [2.75, 3.05) is 75.5 Å². The number of cyclic esters (lactones) is 2. The number of benzene rings is 2. The number of rotatable bonds is 13. The van der Waals surface area contributed by atoms with E-state index in [2.05, 4.69) is 19.4 Å². The molecule has 0 bridgehead atoms. The lowest BCUT2D eigenvalue weighted by atomic mass is 9.97. The van der Waals surface area contributed by atoms with E-state index in [0.717, 1.165) is 15.9 Å². The van der Waals surface area contributed by atoms with Crippen molar-refractivity contribution in [3.05, 3.63) is 95.0 Å². The second-order valence-corrected chi connectivity index (χ2v) is 14.7. The number of aromatic nitrogens is 2. The molecule has 3 N–H and O–H groups in total. The SMILES string of the molecule is O=C(CO)N1CC=C(c2c(F)cc(N3C[C@H](COc4ccon4)OC3=O)c(F)c2F)CC1.O=C([C@@H](O)CO)N1CC=C(c2c(F)cc(N3C[C@H](COc4ccon4)OC3=O)c(F)c2F)CC1. The van der Waals surface area contributed by atoms with Crippen molar-refractivity contribution in [3.8, 4) is 11.8 Å². The molecule has 4 aliphatic heterocycles. The third-order valence-electron chi connectivity index (χ3n) is 10.6. The molecule has 19 nitrogen and oxygen atoms in total. The highest BCUT2D eigenvalue weighted by Crippen LogP contribution is 2.37. The first kappa shape index (κ1) is 46.9. The molecule has 2 fully saturated rings. The van der Waals surface area contributed by atoms with Crippen LogP contribution >= 0.6 is 0 Å². The summed E-state index contributed by atoms with van der Waals surface area (Å²) in [6.45, 7) is -2.00. The Morgan fingerprint density at radius 2 is 1.17 bits per heavy atom. The van der Waals surface area contributed by atoms with Gasteiger partial charge in [-0.1, -0.05) is 12.2 Å². The van der Waals surface area contributed by atoms with Crippen LogP contribution in [0, 0.1) is 34.9 Å². The van der Waals surface area contributed by atoms with Crippen molar-refractivity contribution in [1.82, 2.24) is 20.1 Å². The Morgan fingerprint density at radius 1 is 0.712 bits per heavy atom. The zero-order chi connectivity index (χ0) is 47.2. The van der Waals surface area contributed by atoms with E-state index in [9.17, 15) is 50.6 Å². The molecule has 2 saturated heterocycles. The smallest absolute Gasteiger partial charge is 0.414 e. The predicted octanol–water partition coefficient (Wildman–Crippen LogP) is 3.57. The number of hydrogen-bond donors (Lipinski definition) is 3. The van der Waals surface area contributed by atoms with E-state index >= 15 is 0 Å². The van der Waals surface area contributed by atoms with Crippen LogP contribution in [0.4, 0.5) is 47.3 Å².